The molecule has 6 heterocycles. The molecule has 0 bridgehead atoms. The lowest BCUT2D eigenvalue weighted by atomic mass is 9.33. The second-order valence-corrected chi connectivity index (χ2v) is 30.9. The summed E-state index contributed by atoms with van der Waals surface area (Å²) in [6.07, 6.45) is 0. The van der Waals surface area contributed by atoms with Crippen LogP contribution in [0.4, 0.5) is 34.1 Å². The molecule has 16 aromatic carbocycles. The van der Waals surface area contributed by atoms with Crippen molar-refractivity contribution in [3.05, 3.63) is 369 Å². The molecule has 7 heteroatoms. The minimum absolute atomic E-state index is 0.133. The van der Waals surface area contributed by atoms with Crippen molar-refractivity contribution < 1.29 is 28.8 Å². The van der Waals surface area contributed by atoms with Gasteiger partial charge in [0.05, 0.1) is 84.3 Å². The Hall–Kier alpha value is -13.6. The zero-order chi connectivity index (χ0) is 92.4. The molecular formula is C104H77BN6. The van der Waals surface area contributed by atoms with Crippen molar-refractivity contribution in [3.63, 3.8) is 0 Å². The molecule has 111 heavy (non-hydrogen) atoms. The topological polar surface area (TPSA) is 26.2 Å². The highest BCUT2D eigenvalue weighted by Gasteiger charge is 2.45. The van der Waals surface area contributed by atoms with E-state index in [1.165, 1.54) is 9.13 Å². The van der Waals surface area contributed by atoms with Crippen LogP contribution in [-0.2, 0) is 10.8 Å². The van der Waals surface area contributed by atoms with Gasteiger partial charge in [-0.05, 0) is 199 Å². The largest absolute Gasteiger partial charge is 0.311 e. The smallest absolute Gasteiger partial charge is 0.252 e. The third kappa shape index (κ3) is 9.91. The standard InChI is InChI=1S/C104H77BN6/c1-103(2,3)72-49-55-92-84(62-72)85-63-73(104(4,5)6)50-56-93(85)110(92)94-47-27-41-82-83-42-28-48-95(102(83)109(101(82)94)74-35-17-10-18-36-74)111-97-65-76(107-90-45-25-21-39-80(90)81-40-22-26-46-91(81)107)52-54-87(97)105-86-53-51-75(106-88-43-23-19-37-78(88)79-38-20-24-44-89(79)106)64-96(86)108(98-60-71(61-99(111)100(98)105)68-33-15-9-16-34-68)77-58-69(66-29-11-7-12-30-66)57-70(59-77)67-31-13-8-14-32-67/h7-65H,1-6H3/i9D,15D,16D,19D,20D,21D,22D,23D,24D,25D,26D,33D,34D,37D,38D,39D,40D,43D,44D,45D,46D. The van der Waals surface area contributed by atoms with Crippen molar-refractivity contribution in [2.75, 3.05) is 9.80 Å². The van der Waals surface area contributed by atoms with Gasteiger partial charge in [-0.15, -0.1) is 0 Å². The predicted molar refractivity (Wildman–Crippen MR) is 472 cm³/mol. The number of rotatable bonds is 9. The monoisotopic (exact) mass is 1440 g/mol. The van der Waals surface area contributed by atoms with E-state index in [0.717, 1.165) is 82.9 Å². The lowest BCUT2D eigenvalue weighted by molar-refractivity contribution is 0.590. The average Bonchev–Trinajstić information content (AvgIpc) is 1.03. The summed E-state index contributed by atoms with van der Waals surface area (Å²) in [6.45, 7) is 12.3. The van der Waals surface area contributed by atoms with Crippen molar-refractivity contribution >= 4 is 144 Å². The van der Waals surface area contributed by atoms with Gasteiger partial charge in [-0.2, -0.15) is 0 Å². The number of fused-ring (bicyclic) bond motifs is 16. The maximum absolute atomic E-state index is 10.1. The van der Waals surface area contributed by atoms with E-state index in [9.17, 15) is 21.9 Å². The third-order valence-corrected chi connectivity index (χ3v) is 22.6. The van der Waals surface area contributed by atoms with Crippen LogP contribution < -0.4 is 26.2 Å². The Bertz CT molecular complexity index is 8270. The summed E-state index contributed by atoms with van der Waals surface area (Å²) in [5.41, 5.74) is 14.0. The normalized spacial score (nSPS) is 15.5. The summed E-state index contributed by atoms with van der Waals surface area (Å²) in [7, 11) is 0. The van der Waals surface area contributed by atoms with Crippen LogP contribution in [-0.4, -0.2) is 25.0 Å². The van der Waals surface area contributed by atoms with Crippen molar-refractivity contribution in [3.8, 4) is 56.1 Å². The molecule has 0 fully saturated rings. The molecular weight excluding hydrogens is 1340 g/mol. The quantitative estimate of drug-likeness (QED) is 0.135. The zero-order valence-corrected chi connectivity index (χ0v) is 61.2. The van der Waals surface area contributed by atoms with Crippen LogP contribution in [0.3, 0.4) is 0 Å². The van der Waals surface area contributed by atoms with E-state index in [4.69, 9.17) is 6.85 Å². The Labute approximate surface area is 675 Å². The number of nitrogens with zero attached hydrogens (tertiary/aromatic N) is 6. The van der Waals surface area contributed by atoms with Crippen LogP contribution >= 0.6 is 0 Å². The van der Waals surface area contributed by atoms with Crippen molar-refractivity contribution in [2.45, 2.75) is 52.4 Å². The van der Waals surface area contributed by atoms with E-state index >= 15 is 0 Å². The molecule has 0 aliphatic carbocycles. The molecule has 2 aliphatic heterocycles. The fourth-order valence-electron chi connectivity index (χ4n) is 17.5. The highest BCUT2D eigenvalue weighted by molar-refractivity contribution is 7.00. The van der Waals surface area contributed by atoms with Gasteiger partial charge in [0.2, 0.25) is 0 Å². The third-order valence-electron chi connectivity index (χ3n) is 22.6. The Morgan fingerprint density at radius 2 is 0.667 bits per heavy atom. The number of anilines is 6. The van der Waals surface area contributed by atoms with Gasteiger partial charge in [0, 0.05) is 88.6 Å². The van der Waals surface area contributed by atoms with Gasteiger partial charge in [-0.1, -0.05) is 272 Å². The average molecular weight is 1440 g/mol. The van der Waals surface area contributed by atoms with Gasteiger partial charge in [0.25, 0.3) is 6.71 Å². The fraction of sp³-hybridized carbons (Fsp3) is 0.0769. The molecule has 0 spiro atoms. The molecule has 4 aromatic heterocycles. The van der Waals surface area contributed by atoms with Crippen LogP contribution in [0.25, 0.3) is 143 Å². The van der Waals surface area contributed by atoms with E-state index in [1.54, 1.807) is 12.1 Å². The first kappa shape index (κ1) is 46.6. The molecule has 20 aromatic rings. The molecule has 22 rings (SSSR count). The minimum atomic E-state index is -0.991. The van der Waals surface area contributed by atoms with E-state index in [1.807, 2.05) is 144 Å². The first-order valence-electron chi connectivity index (χ1n) is 47.7. The lowest BCUT2D eigenvalue weighted by Gasteiger charge is -2.45. The highest BCUT2D eigenvalue weighted by Crippen LogP contribution is 2.53. The molecule has 0 amide bonds. The number of hydrogen-bond donors (Lipinski definition) is 0. The number of para-hydroxylation sites is 7. The van der Waals surface area contributed by atoms with Crippen molar-refractivity contribution in [1.29, 1.82) is 0 Å². The zero-order valence-electron chi connectivity index (χ0n) is 82.2. The summed E-state index contributed by atoms with van der Waals surface area (Å²) >= 11 is 0. The number of hydrogen-bond acceptors (Lipinski definition) is 2. The first-order valence-corrected chi connectivity index (χ1v) is 37.2. The van der Waals surface area contributed by atoms with E-state index in [0.29, 0.717) is 56.0 Å². The number of benzene rings is 16. The predicted octanol–water partition coefficient (Wildman–Crippen LogP) is 25.8. The lowest BCUT2D eigenvalue weighted by Crippen LogP contribution is -2.61. The molecule has 526 valence electrons. The molecule has 0 unspecified atom stereocenters. The molecule has 2 aliphatic rings. The summed E-state index contributed by atoms with van der Waals surface area (Å²) < 4.78 is 208. The molecule has 0 atom stereocenters. The highest BCUT2D eigenvalue weighted by atomic mass is 15.2. The van der Waals surface area contributed by atoms with Crippen molar-refractivity contribution in [2.24, 2.45) is 0 Å². The van der Waals surface area contributed by atoms with Gasteiger partial charge < -0.3 is 28.1 Å². The van der Waals surface area contributed by atoms with Crippen molar-refractivity contribution in [1.82, 2.24) is 18.3 Å². The minimum Gasteiger partial charge on any atom is -0.311 e. The van der Waals surface area contributed by atoms with Crippen LogP contribution in [0.1, 0.15) is 81.5 Å². The number of aromatic nitrogens is 4. The Balaban J connectivity index is 0.942. The van der Waals surface area contributed by atoms with Gasteiger partial charge in [0.1, 0.15) is 0 Å². The second kappa shape index (κ2) is 24.4. The Kier molecular flexibility index (Phi) is 10.3. The van der Waals surface area contributed by atoms with Crippen LogP contribution in [0.2, 0.25) is 0 Å². The first-order chi connectivity index (χ1) is 63.1. The summed E-state index contributed by atoms with van der Waals surface area (Å²) in [5.74, 6) is 0. The maximum atomic E-state index is 10.1. The Morgan fingerprint density at radius 1 is 0.243 bits per heavy atom. The van der Waals surface area contributed by atoms with E-state index in [-0.39, 0.29) is 76.9 Å². The molecule has 6 nitrogen and oxygen atoms in total. The van der Waals surface area contributed by atoms with Crippen LogP contribution in [0.15, 0.2) is 357 Å². The summed E-state index contributed by atoms with van der Waals surface area (Å²) in [6, 6.07) is 63.9. The van der Waals surface area contributed by atoms with E-state index < -0.39 is 134 Å². The SMILES string of the molecule is [2H]c1c([2H])c([2H])c(-c2cc3c4c(c2)N(c2cccc5c6cccc(-n7c8ccc(C(C)(C)C)cc8c8cc(C(C)(C)C)ccc87)c6n(-c6ccccc6)c25)c2cc(-n5c6c([2H])c([2H])c([2H])c([2H])c6c6c([2H])c([2H])c([2H])c([2H])c65)ccc2B4c2ccc(-n4c5c([2H])c([2H])c([2H])c([2H])c5c5c([2H])c([2H])c([2H])c([2H])c54)cc2N3c2cc(-c3ccccc3)cc(-c3ccccc3)c2)c([2H])c1[2H]. The second-order valence-electron chi connectivity index (χ2n) is 30.9. The van der Waals surface area contributed by atoms with E-state index in [2.05, 4.69) is 134 Å². The maximum Gasteiger partial charge on any atom is 0.252 e. The summed E-state index contributed by atoms with van der Waals surface area (Å²) in [5, 5.41) is 3.11. The molecule has 0 radical (unpaired) electrons. The van der Waals surface area contributed by atoms with Gasteiger partial charge in [0.15, 0.2) is 0 Å². The molecule has 0 saturated carbocycles. The van der Waals surface area contributed by atoms with Gasteiger partial charge in [-0.3, -0.25) is 0 Å². The molecule has 0 N–H and O–H groups in total. The van der Waals surface area contributed by atoms with Crippen LogP contribution in [0, 0.1) is 0 Å². The van der Waals surface area contributed by atoms with Gasteiger partial charge >= 0.3 is 0 Å². The Morgan fingerprint density at radius 3 is 1.15 bits per heavy atom. The van der Waals surface area contributed by atoms with Gasteiger partial charge in [-0.25, -0.2) is 0 Å². The molecule has 0 saturated heterocycles. The van der Waals surface area contributed by atoms with Crippen LogP contribution in [0.5, 0.6) is 0 Å². The fourth-order valence-corrected chi connectivity index (χ4v) is 17.5. The summed E-state index contributed by atoms with van der Waals surface area (Å²) in [4.78, 5) is 4.12.